The number of nitrogens with one attached hydrogen (secondary N) is 2. The lowest BCUT2D eigenvalue weighted by Gasteiger charge is -2.06. The Morgan fingerprint density at radius 2 is 2.19 bits per heavy atom. The van der Waals surface area contributed by atoms with Crippen LogP contribution in [0.4, 0.5) is 0 Å². The summed E-state index contributed by atoms with van der Waals surface area (Å²) in [5, 5.41) is 10.8. The highest BCUT2D eigenvalue weighted by Crippen LogP contribution is 2.15. The molecule has 0 aliphatic heterocycles. The van der Waals surface area contributed by atoms with E-state index in [1.807, 2.05) is 19.1 Å². The van der Waals surface area contributed by atoms with Crippen molar-refractivity contribution in [2.24, 2.45) is 0 Å². The Kier molecular flexibility index (Phi) is 3.73. The highest BCUT2D eigenvalue weighted by molar-refractivity contribution is 5.92. The lowest BCUT2D eigenvalue weighted by molar-refractivity contribution is 0.0948. The molecule has 0 fully saturated rings. The van der Waals surface area contributed by atoms with Gasteiger partial charge < -0.3 is 9.88 Å². The van der Waals surface area contributed by atoms with E-state index >= 15 is 0 Å². The van der Waals surface area contributed by atoms with Gasteiger partial charge in [-0.05, 0) is 36.9 Å². The van der Waals surface area contributed by atoms with Crippen molar-refractivity contribution in [1.29, 1.82) is 0 Å². The molecule has 108 valence electrons. The monoisotopic (exact) mass is 282 g/mol. The van der Waals surface area contributed by atoms with Crippen molar-refractivity contribution in [2.45, 2.75) is 19.9 Å². The van der Waals surface area contributed by atoms with E-state index in [0.717, 1.165) is 18.7 Å². The number of benzene rings is 1. The van der Waals surface area contributed by atoms with Crippen molar-refractivity contribution in [1.82, 2.24) is 20.1 Å². The fourth-order valence-electron chi connectivity index (χ4n) is 2.41. The molecule has 1 amide bonds. The van der Waals surface area contributed by atoms with E-state index in [9.17, 15) is 4.79 Å². The van der Waals surface area contributed by atoms with Gasteiger partial charge >= 0.3 is 0 Å². The van der Waals surface area contributed by atoms with Crippen LogP contribution in [0, 0.1) is 6.92 Å². The molecule has 0 saturated heterocycles. The van der Waals surface area contributed by atoms with Crippen molar-refractivity contribution in [2.75, 3.05) is 6.54 Å². The first-order chi connectivity index (χ1) is 10.2. The number of hydrogen-bond acceptors (Lipinski definition) is 2. The second-order valence-electron chi connectivity index (χ2n) is 5.11. The number of aryl methyl sites for hydroxylation is 2. The first-order valence-electron chi connectivity index (χ1n) is 7.08. The normalized spacial score (nSPS) is 10.9. The number of H-pyrrole nitrogens is 1. The third kappa shape index (κ3) is 2.97. The van der Waals surface area contributed by atoms with Gasteiger partial charge in [0.2, 0.25) is 0 Å². The topological polar surface area (TPSA) is 62.7 Å². The number of carbonyl (C=O) groups is 1. The Hall–Kier alpha value is -2.56. The minimum Gasteiger partial charge on any atom is -0.351 e. The molecule has 0 radical (unpaired) electrons. The van der Waals surface area contributed by atoms with Crippen LogP contribution in [0.15, 0.2) is 42.6 Å². The van der Waals surface area contributed by atoms with Crippen molar-refractivity contribution < 1.29 is 4.79 Å². The van der Waals surface area contributed by atoms with Gasteiger partial charge in [-0.3, -0.25) is 9.89 Å². The third-order valence-corrected chi connectivity index (χ3v) is 3.48. The molecule has 2 heterocycles. The number of rotatable bonds is 5. The summed E-state index contributed by atoms with van der Waals surface area (Å²) in [5.41, 5.74) is 2.56. The van der Waals surface area contributed by atoms with Crippen LogP contribution in [-0.2, 0) is 6.54 Å². The van der Waals surface area contributed by atoms with E-state index < -0.39 is 0 Å². The van der Waals surface area contributed by atoms with Gasteiger partial charge in [-0.2, -0.15) is 5.10 Å². The number of carbonyl (C=O) groups excluding carboxylic acids is 1. The third-order valence-electron chi connectivity index (χ3n) is 3.48. The summed E-state index contributed by atoms with van der Waals surface area (Å²) in [6.07, 6.45) is 2.97. The van der Waals surface area contributed by atoms with Crippen molar-refractivity contribution in [3.8, 4) is 0 Å². The Bertz CT molecular complexity index is 756. The van der Waals surface area contributed by atoms with E-state index in [1.54, 1.807) is 6.07 Å². The molecule has 0 bridgehead atoms. The number of fused-ring (bicyclic) bond motifs is 1. The maximum Gasteiger partial charge on any atom is 0.271 e. The largest absolute Gasteiger partial charge is 0.351 e. The molecule has 0 atom stereocenters. The van der Waals surface area contributed by atoms with Gasteiger partial charge in [-0.1, -0.05) is 18.2 Å². The maximum atomic E-state index is 11.8. The van der Waals surface area contributed by atoms with Crippen LogP contribution in [-0.4, -0.2) is 27.2 Å². The second kappa shape index (κ2) is 5.83. The van der Waals surface area contributed by atoms with E-state index in [-0.39, 0.29) is 5.91 Å². The lowest BCUT2D eigenvalue weighted by atomic mass is 10.2. The van der Waals surface area contributed by atoms with E-state index in [1.165, 1.54) is 10.9 Å². The van der Waals surface area contributed by atoms with E-state index in [0.29, 0.717) is 12.2 Å². The average molecular weight is 282 g/mol. The van der Waals surface area contributed by atoms with Gasteiger partial charge in [0.1, 0.15) is 5.69 Å². The van der Waals surface area contributed by atoms with Crippen LogP contribution in [0.1, 0.15) is 22.6 Å². The van der Waals surface area contributed by atoms with E-state index in [2.05, 4.69) is 44.5 Å². The lowest BCUT2D eigenvalue weighted by Crippen LogP contribution is -2.25. The number of aromatic amines is 1. The molecule has 21 heavy (non-hydrogen) atoms. The van der Waals surface area contributed by atoms with Crippen molar-refractivity contribution in [3.05, 3.63) is 54.0 Å². The van der Waals surface area contributed by atoms with Gasteiger partial charge in [0.25, 0.3) is 5.91 Å². The zero-order chi connectivity index (χ0) is 14.7. The number of aromatic nitrogens is 3. The predicted molar refractivity (Wildman–Crippen MR) is 82.2 cm³/mol. The summed E-state index contributed by atoms with van der Waals surface area (Å²) >= 11 is 0. The van der Waals surface area contributed by atoms with Crippen molar-refractivity contribution in [3.63, 3.8) is 0 Å². The summed E-state index contributed by atoms with van der Waals surface area (Å²) in [4.78, 5) is 11.8. The number of hydrogen-bond donors (Lipinski definition) is 2. The summed E-state index contributed by atoms with van der Waals surface area (Å²) in [6, 6.07) is 12.2. The highest BCUT2D eigenvalue weighted by atomic mass is 16.1. The standard InChI is InChI=1S/C16H18N4O/c1-12-11-14(19-18-12)16(21)17-8-4-9-20-10-7-13-5-2-3-6-15(13)20/h2-3,5-7,10-11H,4,8-9H2,1H3,(H,17,21)(H,18,19). The predicted octanol–water partition coefficient (Wildman–Crippen LogP) is 2.49. The maximum absolute atomic E-state index is 11.8. The molecule has 0 aliphatic rings. The molecule has 2 aromatic heterocycles. The Labute approximate surface area is 123 Å². The Balaban J connectivity index is 1.51. The molecule has 2 N–H and O–H groups in total. The number of amides is 1. The van der Waals surface area contributed by atoms with Gasteiger partial charge in [0, 0.05) is 30.5 Å². The van der Waals surface area contributed by atoms with Gasteiger partial charge in [-0.15, -0.1) is 0 Å². The zero-order valence-corrected chi connectivity index (χ0v) is 12.0. The van der Waals surface area contributed by atoms with E-state index in [4.69, 9.17) is 0 Å². The van der Waals surface area contributed by atoms with Crippen LogP contribution in [0.25, 0.3) is 10.9 Å². The molecule has 5 heteroatoms. The van der Waals surface area contributed by atoms with Gasteiger partial charge in [0.15, 0.2) is 0 Å². The average Bonchev–Trinajstić information content (AvgIpc) is 3.10. The molecule has 0 spiro atoms. The molecule has 0 aliphatic carbocycles. The fourth-order valence-corrected chi connectivity index (χ4v) is 2.41. The molecule has 5 nitrogen and oxygen atoms in total. The van der Waals surface area contributed by atoms with Crippen molar-refractivity contribution >= 4 is 16.8 Å². The number of nitrogens with zero attached hydrogens (tertiary/aromatic N) is 2. The molecule has 1 aromatic carbocycles. The minimum atomic E-state index is -0.128. The first-order valence-corrected chi connectivity index (χ1v) is 7.08. The van der Waals surface area contributed by atoms with Crippen LogP contribution in [0.5, 0.6) is 0 Å². The zero-order valence-electron chi connectivity index (χ0n) is 12.0. The Morgan fingerprint density at radius 1 is 1.33 bits per heavy atom. The van der Waals surface area contributed by atoms with Crippen LogP contribution >= 0.6 is 0 Å². The summed E-state index contributed by atoms with van der Waals surface area (Å²) in [7, 11) is 0. The molecule has 0 unspecified atom stereocenters. The fraction of sp³-hybridized carbons (Fsp3) is 0.250. The highest BCUT2D eigenvalue weighted by Gasteiger charge is 2.08. The minimum absolute atomic E-state index is 0.128. The summed E-state index contributed by atoms with van der Waals surface area (Å²) in [6.45, 7) is 3.39. The molecular formula is C16H18N4O. The smallest absolute Gasteiger partial charge is 0.271 e. The molecule has 0 saturated carbocycles. The Morgan fingerprint density at radius 3 is 3.00 bits per heavy atom. The van der Waals surface area contributed by atoms with Crippen LogP contribution in [0.2, 0.25) is 0 Å². The quantitative estimate of drug-likeness (QED) is 0.706. The number of para-hydroxylation sites is 1. The summed E-state index contributed by atoms with van der Waals surface area (Å²) < 4.78 is 2.21. The van der Waals surface area contributed by atoms with Gasteiger partial charge in [0.05, 0.1) is 0 Å². The summed E-state index contributed by atoms with van der Waals surface area (Å²) in [5.74, 6) is -0.128. The molecular weight excluding hydrogens is 264 g/mol. The first kappa shape index (κ1) is 13.4. The second-order valence-corrected chi connectivity index (χ2v) is 5.11. The SMILES string of the molecule is Cc1cc(C(=O)NCCCn2ccc3ccccc32)n[nH]1. The van der Waals surface area contributed by atoms with Gasteiger partial charge in [-0.25, -0.2) is 0 Å². The van der Waals surface area contributed by atoms with Crippen LogP contribution < -0.4 is 5.32 Å². The molecule has 3 aromatic rings. The van der Waals surface area contributed by atoms with Crippen LogP contribution in [0.3, 0.4) is 0 Å². The molecule has 3 rings (SSSR count).